The smallest absolute Gasteiger partial charge is 0.251 e. The standard InChI is InChI=1S/C31H31BrN6O5S2/c1-4-41-23-15-19(16-24(42-5-2)28(23)43-6-3)29(40)33-17-26-36-37-31(38(26)21-13-11-20(32)12-14-21)44-18-27(39)35-30-34-22-9-7-8-10-25(22)45-30/h7-16H,4-6,17-18H2,1-3H3,(H,33,40)(H,34,35,39). The second-order valence-electron chi connectivity index (χ2n) is 9.32. The highest BCUT2D eigenvalue weighted by atomic mass is 79.9. The van der Waals surface area contributed by atoms with Gasteiger partial charge in [0.15, 0.2) is 27.6 Å². The molecule has 0 aliphatic rings. The molecule has 0 saturated carbocycles. The summed E-state index contributed by atoms with van der Waals surface area (Å²) in [5.41, 5.74) is 1.96. The number of ether oxygens (including phenoxy) is 3. The van der Waals surface area contributed by atoms with Gasteiger partial charge in [-0.25, -0.2) is 4.98 Å². The highest BCUT2D eigenvalue weighted by molar-refractivity contribution is 9.10. The van der Waals surface area contributed by atoms with Crippen molar-refractivity contribution >= 4 is 66.2 Å². The molecule has 5 rings (SSSR count). The van der Waals surface area contributed by atoms with E-state index >= 15 is 0 Å². The third kappa shape index (κ3) is 7.93. The average Bonchev–Trinajstić information content (AvgIpc) is 3.64. The summed E-state index contributed by atoms with van der Waals surface area (Å²) >= 11 is 6.13. The number of amides is 2. The number of rotatable bonds is 14. The van der Waals surface area contributed by atoms with Gasteiger partial charge in [0.1, 0.15) is 0 Å². The van der Waals surface area contributed by atoms with Crippen LogP contribution in [-0.4, -0.2) is 57.1 Å². The molecule has 0 aliphatic heterocycles. The van der Waals surface area contributed by atoms with Gasteiger partial charge in [0.25, 0.3) is 5.91 Å². The number of benzene rings is 3. The molecule has 3 aromatic carbocycles. The monoisotopic (exact) mass is 710 g/mol. The van der Waals surface area contributed by atoms with E-state index in [1.807, 2.05) is 73.9 Å². The number of thiazole rings is 1. The van der Waals surface area contributed by atoms with Crippen LogP contribution in [0.4, 0.5) is 5.13 Å². The number of anilines is 1. The van der Waals surface area contributed by atoms with Gasteiger partial charge in [-0.15, -0.1) is 10.2 Å². The van der Waals surface area contributed by atoms with Crippen molar-refractivity contribution in [2.24, 2.45) is 0 Å². The van der Waals surface area contributed by atoms with Crippen molar-refractivity contribution in [2.45, 2.75) is 32.5 Å². The summed E-state index contributed by atoms with van der Waals surface area (Å²) in [6.07, 6.45) is 0. The number of nitrogens with one attached hydrogen (secondary N) is 2. The molecular weight excluding hydrogens is 680 g/mol. The first-order valence-corrected chi connectivity index (χ1v) is 16.8. The van der Waals surface area contributed by atoms with Crippen molar-refractivity contribution in [1.82, 2.24) is 25.1 Å². The average molecular weight is 712 g/mol. The highest BCUT2D eigenvalue weighted by Crippen LogP contribution is 2.39. The number of carbonyl (C=O) groups excluding carboxylic acids is 2. The summed E-state index contributed by atoms with van der Waals surface area (Å²) in [5, 5.41) is 15.5. The first-order valence-electron chi connectivity index (χ1n) is 14.2. The number of fused-ring (bicyclic) bond motifs is 1. The summed E-state index contributed by atoms with van der Waals surface area (Å²) in [6, 6.07) is 18.6. The minimum atomic E-state index is -0.352. The molecule has 0 saturated heterocycles. The van der Waals surface area contributed by atoms with Crippen LogP contribution in [0.5, 0.6) is 17.2 Å². The van der Waals surface area contributed by atoms with E-state index in [-0.39, 0.29) is 24.1 Å². The molecule has 5 aromatic rings. The Morgan fingerprint density at radius 2 is 1.62 bits per heavy atom. The molecule has 0 aliphatic carbocycles. The maximum atomic E-state index is 13.4. The molecule has 0 spiro atoms. The first-order chi connectivity index (χ1) is 21.9. The Morgan fingerprint density at radius 1 is 0.933 bits per heavy atom. The number of aromatic nitrogens is 4. The fourth-order valence-corrected chi connectivity index (χ4v) is 6.27. The Balaban J connectivity index is 1.33. The highest BCUT2D eigenvalue weighted by Gasteiger charge is 2.21. The van der Waals surface area contributed by atoms with E-state index in [9.17, 15) is 9.59 Å². The summed E-state index contributed by atoms with van der Waals surface area (Å²) in [4.78, 5) is 30.7. The Bertz CT molecular complexity index is 1730. The quantitative estimate of drug-likeness (QED) is 0.124. The topological polar surface area (TPSA) is 129 Å². The van der Waals surface area contributed by atoms with Crippen molar-refractivity contribution in [2.75, 3.05) is 30.9 Å². The van der Waals surface area contributed by atoms with Crippen LogP contribution in [0, 0.1) is 0 Å². The zero-order valence-corrected chi connectivity index (χ0v) is 28.1. The van der Waals surface area contributed by atoms with Crippen molar-refractivity contribution in [3.63, 3.8) is 0 Å². The predicted octanol–water partition coefficient (Wildman–Crippen LogP) is 6.50. The molecule has 0 radical (unpaired) electrons. The Kier molecular flexibility index (Phi) is 10.9. The van der Waals surface area contributed by atoms with E-state index in [1.165, 1.54) is 23.1 Å². The van der Waals surface area contributed by atoms with Crippen LogP contribution < -0.4 is 24.8 Å². The molecule has 2 aromatic heterocycles. The largest absolute Gasteiger partial charge is 0.490 e. The summed E-state index contributed by atoms with van der Waals surface area (Å²) in [5.74, 6) is 1.32. The molecule has 234 valence electrons. The fraction of sp³-hybridized carbons (Fsp3) is 0.258. The van der Waals surface area contributed by atoms with Crippen LogP contribution in [0.25, 0.3) is 15.9 Å². The molecule has 45 heavy (non-hydrogen) atoms. The fourth-order valence-electron chi connectivity index (χ4n) is 4.35. The number of thioether (sulfide) groups is 1. The first kappa shape index (κ1) is 32.3. The molecule has 0 bridgehead atoms. The number of para-hydroxylation sites is 1. The Hall–Kier alpha value is -4.14. The second kappa shape index (κ2) is 15.2. The lowest BCUT2D eigenvalue weighted by atomic mass is 10.1. The van der Waals surface area contributed by atoms with E-state index in [1.54, 1.807) is 12.1 Å². The van der Waals surface area contributed by atoms with Crippen LogP contribution in [0.15, 0.2) is 70.3 Å². The molecule has 0 atom stereocenters. The molecule has 2 N–H and O–H groups in total. The van der Waals surface area contributed by atoms with Crippen molar-refractivity contribution in [1.29, 1.82) is 0 Å². The van der Waals surface area contributed by atoms with Crippen LogP contribution in [0.1, 0.15) is 37.0 Å². The number of nitrogens with zero attached hydrogens (tertiary/aromatic N) is 4. The molecule has 11 nitrogen and oxygen atoms in total. The van der Waals surface area contributed by atoms with Gasteiger partial charge in [-0.1, -0.05) is 51.2 Å². The SMILES string of the molecule is CCOc1cc(C(=O)NCc2nnc(SCC(=O)Nc3nc4ccccc4s3)n2-c2ccc(Br)cc2)cc(OCC)c1OCC. The van der Waals surface area contributed by atoms with Gasteiger partial charge >= 0.3 is 0 Å². The number of halogens is 1. The van der Waals surface area contributed by atoms with Gasteiger partial charge in [0, 0.05) is 15.7 Å². The summed E-state index contributed by atoms with van der Waals surface area (Å²) < 4.78 is 21.0. The van der Waals surface area contributed by atoms with Crippen molar-refractivity contribution in [3.8, 4) is 22.9 Å². The van der Waals surface area contributed by atoms with Crippen LogP contribution in [0.2, 0.25) is 0 Å². The minimum Gasteiger partial charge on any atom is -0.490 e. The second-order valence-corrected chi connectivity index (χ2v) is 12.2. The maximum Gasteiger partial charge on any atom is 0.251 e. The number of carbonyl (C=O) groups is 2. The Labute approximate surface area is 276 Å². The summed E-state index contributed by atoms with van der Waals surface area (Å²) in [7, 11) is 0. The molecule has 0 unspecified atom stereocenters. The van der Waals surface area contributed by atoms with E-state index < -0.39 is 0 Å². The van der Waals surface area contributed by atoms with Crippen LogP contribution in [0.3, 0.4) is 0 Å². The van der Waals surface area contributed by atoms with Gasteiger partial charge in [0.05, 0.1) is 42.3 Å². The third-order valence-electron chi connectivity index (χ3n) is 6.24. The van der Waals surface area contributed by atoms with Gasteiger partial charge < -0.3 is 24.8 Å². The van der Waals surface area contributed by atoms with Gasteiger partial charge in [-0.3, -0.25) is 14.2 Å². The lowest BCUT2D eigenvalue weighted by Gasteiger charge is -2.17. The molecule has 0 fully saturated rings. The maximum absolute atomic E-state index is 13.4. The lowest BCUT2D eigenvalue weighted by Crippen LogP contribution is -2.25. The molecule has 14 heteroatoms. The molecule has 2 heterocycles. The van der Waals surface area contributed by atoms with Crippen LogP contribution >= 0.6 is 39.0 Å². The van der Waals surface area contributed by atoms with Gasteiger partial charge in [-0.05, 0) is 69.3 Å². The normalized spacial score (nSPS) is 10.9. The Morgan fingerprint density at radius 3 is 2.29 bits per heavy atom. The van der Waals surface area contributed by atoms with Gasteiger partial charge in [0.2, 0.25) is 11.7 Å². The van der Waals surface area contributed by atoms with Crippen LogP contribution in [-0.2, 0) is 11.3 Å². The van der Waals surface area contributed by atoms with E-state index in [0.717, 1.165) is 20.4 Å². The van der Waals surface area contributed by atoms with Crippen molar-refractivity contribution < 1.29 is 23.8 Å². The number of hydrogen-bond acceptors (Lipinski definition) is 10. The molecule has 2 amide bonds. The predicted molar refractivity (Wildman–Crippen MR) is 179 cm³/mol. The van der Waals surface area contributed by atoms with Gasteiger partial charge in [-0.2, -0.15) is 0 Å². The van der Waals surface area contributed by atoms with E-state index in [2.05, 4.69) is 41.7 Å². The zero-order chi connectivity index (χ0) is 31.8. The summed E-state index contributed by atoms with van der Waals surface area (Å²) in [6.45, 7) is 6.87. The molecular formula is C31H31BrN6O5S2. The van der Waals surface area contributed by atoms with E-state index in [4.69, 9.17) is 14.2 Å². The number of hydrogen-bond donors (Lipinski definition) is 2. The zero-order valence-electron chi connectivity index (χ0n) is 24.8. The minimum absolute atomic E-state index is 0.0709. The van der Waals surface area contributed by atoms with Crippen molar-refractivity contribution in [3.05, 3.63) is 76.5 Å². The third-order valence-corrected chi connectivity index (χ3v) is 8.65. The lowest BCUT2D eigenvalue weighted by molar-refractivity contribution is -0.113. The van der Waals surface area contributed by atoms with E-state index in [0.29, 0.717) is 58.7 Å².